The van der Waals surface area contributed by atoms with E-state index in [2.05, 4.69) is 20.0 Å². The number of rotatable bonds is 0. The Morgan fingerprint density at radius 3 is 2.00 bits per heavy atom. The molecule has 96 valence electrons. The van der Waals surface area contributed by atoms with Crippen molar-refractivity contribution < 1.29 is 40.6 Å². The van der Waals surface area contributed by atoms with Gasteiger partial charge in [0.1, 0.15) is 5.60 Å². The molecule has 1 aliphatic carbocycles. The Kier molecular flexibility index (Phi) is 16.8. The molecule has 5 nitrogen and oxygen atoms in total. The zero-order valence-corrected chi connectivity index (χ0v) is 10.4. The van der Waals surface area contributed by atoms with E-state index >= 15 is 0 Å². The van der Waals surface area contributed by atoms with Crippen LogP contribution < -0.4 is 0 Å². The van der Waals surface area contributed by atoms with Crippen LogP contribution in [-0.4, -0.2) is 11.6 Å². The van der Waals surface area contributed by atoms with Gasteiger partial charge < -0.3 is 4.74 Å². The fourth-order valence-corrected chi connectivity index (χ4v) is 1.55. The second-order valence-electron chi connectivity index (χ2n) is 3.03. The van der Waals surface area contributed by atoms with E-state index in [0.29, 0.717) is 6.42 Å². The minimum atomic E-state index is -0.272. The van der Waals surface area contributed by atoms with Gasteiger partial charge in [-0.25, -0.2) is 0 Å². The Morgan fingerprint density at radius 1 is 1.11 bits per heavy atom. The van der Waals surface area contributed by atoms with Gasteiger partial charge in [-0.05, 0) is 6.08 Å². The summed E-state index contributed by atoms with van der Waals surface area (Å²) >= 11 is 0. The van der Waals surface area contributed by atoms with Crippen molar-refractivity contribution in [3.8, 4) is 0 Å². The molecule has 0 amide bonds. The minimum Gasteiger partial charge on any atom is 0 e. The fraction of sp³-hybridized carbons (Fsp3) is 0.333. The Morgan fingerprint density at radius 2 is 1.67 bits per heavy atom. The molecule has 6 heteroatoms. The number of allylic oxidation sites excluding steroid dienone is 2. The Labute approximate surface area is 116 Å². The summed E-state index contributed by atoms with van der Waals surface area (Å²) in [5.74, 6) is -0.0649. The number of hydrogen-bond donors (Lipinski definition) is 0. The molecule has 0 aromatic rings. The maximum Gasteiger partial charge on any atom is 0 e. The van der Waals surface area contributed by atoms with Crippen molar-refractivity contribution in [1.29, 1.82) is 0 Å². The van der Waals surface area contributed by atoms with Gasteiger partial charge in [0.25, 0.3) is 0 Å². The molecule has 18 heavy (non-hydrogen) atoms. The van der Waals surface area contributed by atoms with Gasteiger partial charge in [0, 0.05) is 36.3 Å². The molecule has 0 bridgehead atoms. The predicted octanol–water partition coefficient (Wildman–Crippen LogP) is 1.46. The molecular weight excluding hydrogens is 280 g/mol. The molecular formula is C12H10FeO5. The van der Waals surface area contributed by atoms with Crippen molar-refractivity contribution in [2.45, 2.75) is 24.9 Å². The summed E-state index contributed by atoms with van der Waals surface area (Å²) in [5, 5.41) is 0. The molecule has 2 aliphatic rings. The maximum atomic E-state index is 10.8. The number of carbonyl (C=O) groups is 1. The molecule has 1 fully saturated rings. The minimum absolute atomic E-state index is 0. The van der Waals surface area contributed by atoms with E-state index in [-0.39, 0.29) is 28.6 Å². The smallest absolute Gasteiger partial charge is 0 e. The maximum absolute atomic E-state index is 10.8. The predicted molar refractivity (Wildman–Crippen MR) is 52.7 cm³/mol. The summed E-state index contributed by atoms with van der Waals surface area (Å²) in [5.41, 5.74) is -0.272. The van der Waals surface area contributed by atoms with Crippen LogP contribution in [0.5, 0.6) is 0 Å². The van der Waals surface area contributed by atoms with Crippen molar-refractivity contribution >= 4 is 5.97 Å². The van der Waals surface area contributed by atoms with Crippen LogP contribution in [0.25, 0.3) is 0 Å². The first kappa shape index (κ1) is 21.9. The van der Waals surface area contributed by atoms with Gasteiger partial charge in [0.15, 0.2) is 0 Å². The molecule has 0 N–H and O–H groups in total. The van der Waals surface area contributed by atoms with Crippen LogP contribution in [0.15, 0.2) is 24.3 Å². The number of hydrogen-bond acceptors (Lipinski definition) is 2. The number of esters is 1. The largest absolute Gasteiger partial charge is 0 e. The van der Waals surface area contributed by atoms with E-state index in [0.717, 1.165) is 12.8 Å². The first-order valence-electron chi connectivity index (χ1n) is 4.48. The molecule has 0 aromatic carbocycles. The van der Waals surface area contributed by atoms with Crippen LogP contribution in [0, 0.1) is 20.0 Å². The van der Waals surface area contributed by atoms with Crippen LogP contribution in [0.4, 0.5) is 0 Å². The van der Waals surface area contributed by atoms with E-state index in [1.807, 2.05) is 24.3 Å². The van der Waals surface area contributed by atoms with Crippen LogP contribution in [0.1, 0.15) is 19.3 Å². The van der Waals surface area contributed by atoms with Gasteiger partial charge in [0.2, 0.25) is 0 Å². The third kappa shape index (κ3) is 7.10. The summed E-state index contributed by atoms with van der Waals surface area (Å²) in [7, 11) is 0. The van der Waals surface area contributed by atoms with E-state index < -0.39 is 0 Å². The first-order valence-corrected chi connectivity index (χ1v) is 4.48. The standard InChI is InChI=1S/C9H10O2.3CO.Fe/c10-8-4-7-9(11-8)5-2-1-3-6-9;3*1-2;/h1-3,5H,4,6-7H2;;;;. The van der Waals surface area contributed by atoms with E-state index in [4.69, 9.17) is 18.7 Å². The fourth-order valence-electron chi connectivity index (χ4n) is 1.55. The second-order valence-corrected chi connectivity index (χ2v) is 3.03. The second kappa shape index (κ2) is 13.8. The zero-order valence-electron chi connectivity index (χ0n) is 9.33. The van der Waals surface area contributed by atoms with E-state index in [1.165, 1.54) is 0 Å². The SMILES string of the molecule is O=C1CCC2(C=CC=CC2)O1.[C-]#[O+].[C-]#[O+].[C-]#[O+].[Fe]. The zero-order chi connectivity index (χ0) is 13.7. The Balaban J connectivity index is -0.000000285. The van der Waals surface area contributed by atoms with Crippen LogP contribution >= 0.6 is 0 Å². The Hall–Kier alpha value is -1.31. The van der Waals surface area contributed by atoms with Gasteiger partial charge >= 0.3 is 39.9 Å². The van der Waals surface area contributed by atoms with Crippen molar-refractivity contribution in [2.75, 3.05) is 0 Å². The number of ether oxygens (including phenoxy) is 1. The normalized spacial score (nSPS) is 21.6. The number of carbonyl (C=O) groups excluding carboxylic acids is 1. The average Bonchev–Trinajstić information content (AvgIpc) is 2.78. The summed E-state index contributed by atoms with van der Waals surface area (Å²) in [6.45, 7) is 13.5. The third-order valence-corrected chi connectivity index (χ3v) is 2.18. The van der Waals surface area contributed by atoms with Gasteiger partial charge in [-0.2, -0.15) is 0 Å². The quantitative estimate of drug-likeness (QED) is 0.293. The third-order valence-electron chi connectivity index (χ3n) is 2.18. The van der Waals surface area contributed by atoms with Crippen LogP contribution in [-0.2, 0) is 40.6 Å². The summed E-state index contributed by atoms with van der Waals surface area (Å²) in [4.78, 5) is 10.8. The van der Waals surface area contributed by atoms with Crippen molar-refractivity contribution in [1.82, 2.24) is 0 Å². The molecule has 0 saturated carbocycles. The molecule has 2 rings (SSSR count). The van der Waals surface area contributed by atoms with E-state index in [1.54, 1.807) is 0 Å². The molecule has 1 aliphatic heterocycles. The van der Waals surface area contributed by atoms with E-state index in [9.17, 15) is 4.79 Å². The molecule has 0 aromatic heterocycles. The van der Waals surface area contributed by atoms with Crippen LogP contribution in [0.3, 0.4) is 0 Å². The topological polar surface area (TPSA) is 86.0 Å². The van der Waals surface area contributed by atoms with Crippen molar-refractivity contribution in [3.05, 3.63) is 44.3 Å². The van der Waals surface area contributed by atoms with Gasteiger partial charge in [-0.15, -0.1) is 0 Å². The molecule has 0 radical (unpaired) electrons. The monoisotopic (exact) mass is 290 g/mol. The average molecular weight is 290 g/mol. The van der Waals surface area contributed by atoms with Gasteiger partial charge in [-0.3, -0.25) is 4.79 Å². The molecule has 1 unspecified atom stereocenters. The van der Waals surface area contributed by atoms with Crippen LogP contribution in [0.2, 0.25) is 0 Å². The summed E-state index contributed by atoms with van der Waals surface area (Å²) < 4.78 is 27.7. The molecule has 1 atom stereocenters. The molecule has 1 heterocycles. The Bertz CT molecular complexity index is 339. The van der Waals surface area contributed by atoms with Crippen molar-refractivity contribution in [2.24, 2.45) is 0 Å². The molecule has 1 saturated heterocycles. The molecule has 1 spiro atoms. The summed E-state index contributed by atoms with van der Waals surface area (Å²) in [6.07, 6.45) is 10.2. The van der Waals surface area contributed by atoms with Gasteiger partial charge in [0.05, 0.1) is 0 Å². The van der Waals surface area contributed by atoms with Crippen molar-refractivity contribution in [3.63, 3.8) is 0 Å². The van der Waals surface area contributed by atoms with Gasteiger partial charge in [-0.1, -0.05) is 18.2 Å². The summed E-state index contributed by atoms with van der Waals surface area (Å²) in [6, 6.07) is 0. The first-order chi connectivity index (χ1) is 8.31.